The van der Waals surface area contributed by atoms with Gasteiger partial charge in [-0.1, -0.05) is 45.3 Å². The Morgan fingerprint density at radius 2 is 2.16 bits per heavy atom. The van der Waals surface area contributed by atoms with Crippen LogP contribution < -0.4 is 10.5 Å². The molecule has 4 heteroatoms. The molecule has 1 aromatic carbocycles. The van der Waals surface area contributed by atoms with Gasteiger partial charge in [-0.2, -0.15) is 0 Å². The van der Waals surface area contributed by atoms with Crippen molar-refractivity contribution in [2.45, 2.75) is 39.5 Å². The monoisotopic (exact) mass is 283 g/mol. The Labute approximate surface area is 120 Å². The van der Waals surface area contributed by atoms with Gasteiger partial charge in [0.2, 0.25) is 0 Å². The second kappa shape index (κ2) is 8.10. The van der Waals surface area contributed by atoms with Crippen LogP contribution in [-0.2, 0) is 0 Å². The van der Waals surface area contributed by atoms with Crippen molar-refractivity contribution in [2.24, 2.45) is 11.7 Å². The summed E-state index contributed by atoms with van der Waals surface area (Å²) < 4.78 is 19.3. The average molecular weight is 283 g/mol. The molecule has 0 saturated carbocycles. The molecule has 0 radical (unpaired) electrons. The maximum atomic E-state index is 13.7. The third-order valence-electron chi connectivity index (χ3n) is 3.23. The molecule has 0 bridgehead atoms. The fourth-order valence-electron chi connectivity index (χ4n) is 1.90. The number of rotatable bonds is 8. The fourth-order valence-corrected chi connectivity index (χ4v) is 2.06. The van der Waals surface area contributed by atoms with Gasteiger partial charge >= 0.3 is 0 Å². The molecule has 0 heterocycles. The van der Waals surface area contributed by atoms with Gasteiger partial charge in [0.1, 0.15) is 16.6 Å². The molecule has 0 aliphatic heterocycles. The summed E-state index contributed by atoms with van der Waals surface area (Å²) in [6.45, 7) is 4.96. The molecule has 0 aliphatic carbocycles. The Hall–Kier alpha value is -1.16. The topological polar surface area (TPSA) is 35.2 Å². The highest BCUT2D eigenvalue weighted by Crippen LogP contribution is 2.19. The highest BCUT2D eigenvalue weighted by atomic mass is 32.1. The van der Waals surface area contributed by atoms with Crippen LogP contribution in [0.2, 0.25) is 0 Å². The minimum absolute atomic E-state index is 0.0680. The molecule has 1 rings (SSSR count). The first kappa shape index (κ1) is 15.9. The van der Waals surface area contributed by atoms with E-state index in [2.05, 4.69) is 13.8 Å². The Balaban J connectivity index is 2.57. The first-order chi connectivity index (χ1) is 9.08. The van der Waals surface area contributed by atoms with E-state index >= 15 is 0 Å². The number of ether oxygens (including phenoxy) is 1. The molecule has 1 unspecified atom stereocenters. The maximum Gasteiger partial charge on any atom is 0.137 e. The third-order valence-corrected chi connectivity index (χ3v) is 3.45. The van der Waals surface area contributed by atoms with Crippen LogP contribution in [0.5, 0.6) is 5.75 Å². The number of thiocarbonyl (C=S) groups is 1. The molecule has 0 fully saturated rings. The summed E-state index contributed by atoms with van der Waals surface area (Å²) >= 11 is 4.76. The lowest BCUT2D eigenvalue weighted by Gasteiger charge is -2.15. The van der Waals surface area contributed by atoms with E-state index in [4.69, 9.17) is 22.7 Å². The minimum Gasteiger partial charge on any atom is -0.493 e. The van der Waals surface area contributed by atoms with Crippen LogP contribution in [0.15, 0.2) is 18.2 Å². The van der Waals surface area contributed by atoms with Gasteiger partial charge in [-0.15, -0.1) is 0 Å². The van der Waals surface area contributed by atoms with Crippen LogP contribution in [0.4, 0.5) is 4.39 Å². The largest absolute Gasteiger partial charge is 0.493 e. The zero-order chi connectivity index (χ0) is 14.3. The number of benzene rings is 1. The zero-order valence-electron chi connectivity index (χ0n) is 11.6. The van der Waals surface area contributed by atoms with Crippen molar-refractivity contribution in [1.82, 2.24) is 0 Å². The second-order valence-corrected chi connectivity index (χ2v) is 5.17. The SMILES string of the molecule is CCCCC(CC)COc1ccc(C(N)=S)c(F)c1. The van der Waals surface area contributed by atoms with E-state index in [1.165, 1.54) is 18.9 Å². The number of halogens is 1. The van der Waals surface area contributed by atoms with E-state index in [1.807, 2.05) is 0 Å². The molecule has 0 spiro atoms. The number of hydrogen-bond donors (Lipinski definition) is 1. The van der Waals surface area contributed by atoms with Crippen molar-refractivity contribution < 1.29 is 9.13 Å². The average Bonchev–Trinajstić information content (AvgIpc) is 2.38. The van der Waals surface area contributed by atoms with E-state index in [0.717, 1.165) is 12.8 Å². The number of hydrogen-bond acceptors (Lipinski definition) is 2. The first-order valence-corrected chi connectivity index (χ1v) is 7.21. The third kappa shape index (κ3) is 5.15. The molecule has 1 atom stereocenters. The van der Waals surface area contributed by atoms with Crippen LogP contribution in [0.3, 0.4) is 0 Å². The molecule has 2 nitrogen and oxygen atoms in total. The summed E-state index contributed by atoms with van der Waals surface area (Å²) in [6, 6.07) is 4.63. The Morgan fingerprint density at radius 1 is 1.42 bits per heavy atom. The molecule has 106 valence electrons. The summed E-state index contributed by atoms with van der Waals surface area (Å²) in [5.41, 5.74) is 5.68. The molecule has 0 aliphatic rings. The van der Waals surface area contributed by atoms with Crippen molar-refractivity contribution in [2.75, 3.05) is 6.61 Å². The van der Waals surface area contributed by atoms with Crippen LogP contribution in [0, 0.1) is 11.7 Å². The zero-order valence-corrected chi connectivity index (χ0v) is 12.4. The summed E-state index contributed by atoms with van der Waals surface area (Å²) in [5.74, 6) is 0.636. The van der Waals surface area contributed by atoms with E-state index in [-0.39, 0.29) is 10.6 Å². The lowest BCUT2D eigenvalue weighted by Crippen LogP contribution is -2.13. The molecule has 1 aromatic rings. The van der Waals surface area contributed by atoms with E-state index in [0.29, 0.717) is 18.3 Å². The normalized spacial score (nSPS) is 12.2. The van der Waals surface area contributed by atoms with Crippen LogP contribution in [-0.4, -0.2) is 11.6 Å². The van der Waals surface area contributed by atoms with E-state index in [1.54, 1.807) is 12.1 Å². The van der Waals surface area contributed by atoms with E-state index < -0.39 is 5.82 Å². The summed E-state index contributed by atoms with van der Waals surface area (Å²) in [4.78, 5) is 0.0680. The highest BCUT2D eigenvalue weighted by molar-refractivity contribution is 7.80. The van der Waals surface area contributed by atoms with Crippen molar-refractivity contribution in [3.05, 3.63) is 29.6 Å². The predicted molar refractivity (Wildman–Crippen MR) is 81.1 cm³/mol. The van der Waals surface area contributed by atoms with Gasteiger partial charge in [-0.25, -0.2) is 4.39 Å². The van der Waals surface area contributed by atoms with Gasteiger partial charge in [0.05, 0.1) is 6.61 Å². The molecule has 0 aromatic heterocycles. The van der Waals surface area contributed by atoms with Crippen LogP contribution >= 0.6 is 12.2 Å². The van der Waals surface area contributed by atoms with Crippen molar-refractivity contribution in [3.63, 3.8) is 0 Å². The van der Waals surface area contributed by atoms with E-state index in [9.17, 15) is 4.39 Å². The van der Waals surface area contributed by atoms with Crippen molar-refractivity contribution in [1.29, 1.82) is 0 Å². The van der Waals surface area contributed by atoms with Crippen LogP contribution in [0.25, 0.3) is 0 Å². The smallest absolute Gasteiger partial charge is 0.137 e. The van der Waals surface area contributed by atoms with Crippen molar-refractivity contribution in [3.8, 4) is 5.75 Å². The molecule has 2 N–H and O–H groups in total. The van der Waals surface area contributed by atoms with Gasteiger partial charge in [-0.3, -0.25) is 0 Å². The van der Waals surface area contributed by atoms with Crippen LogP contribution in [0.1, 0.15) is 45.1 Å². The molecular weight excluding hydrogens is 261 g/mol. The summed E-state index contributed by atoms with van der Waals surface area (Å²) in [6.07, 6.45) is 4.62. The highest BCUT2D eigenvalue weighted by Gasteiger charge is 2.09. The Morgan fingerprint density at radius 3 is 2.68 bits per heavy atom. The summed E-state index contributed by atoms with van der Waals surface area (Å²) in [5, 5.41) is 0. The first-order valence-electron chi connectivity index (χ1n) is 6.80. The Bertz CT molecular complexity index is 423. The predicted octanol–water partition coefficient (Wildman–Crippen LogP) is 4.06. The van der Waals surface area contributed by atoms with Gasteiger partial charge in [-0.05, 0) is 24.5 Å². The van der Waals surface area contributed by atoms with Gasteiger partial charge in [0.15, 0.2) is 0 Å². The summed E-state index contributed by atoms with van der Waals surface area (Å²) in [7, 11) is 0. The number of unbranched alkanes of at least 4 members (excludes halogenated alkanes) is 1. The second-order valence-electron chi connectivity index (χ2n) is 4.73. The fraction of sp³-hybridized carbons (Fsp3) is 0.533. The van der Waals surface area contributed by atoms with Gasteiger partial charge < -0.3 is 10.5 Å². The molecule has 0 amide bonds. The van der Waals surface area contributed by atoms with Gasteiger partial charge in [0, 0.05) is 11.6 Å². The maximum absolute atomic E-state index is 13.7. The molecule has 19 heavy (non-hydrogen) atoms. The quantitative estimate of drug-likeness (QED) is 0.731. The molecule has 0 saturated heterocycles. The van der Waals surface area contributed by atoms with Gasteiger partial charge in [0.25, 0.3) is 0 Å². The lowest BCUT2D eigenvalue weighted by atomic mass is 10.0. The minimum atomic E-state index is -0.424. The Kier molecular flexibility index (Phi) is 6.78. The van der Waals surface area contributed by atoms with Crippen molar-refractivity contribution >= 4 is 17.2 Å². The lowest BCUT2D eigenvalue weighted by molar-refractivity contribution is 0.232. The standard InChI is InChI=1S/C15H22FNOS/c1-3-5-6-11(4-2)10-18-12-7-8-13(15(17)19)14(16)9-12/h7-9,11H,3-6,10H2,1-2H3,(H2,17,19). The molecular formula is C15H22FNOS. The number of nitrogens with two attached hydrogens (primary N) is 1.